The zero-order chi connectivity index (χ0) is 51.4. The number of hydrogen-bond acceptors (Lipinski definition) is 11. The van der Waals surface area contributed by atoms with Crippen LogP contribution in [0.2, 0.25) is 0 Å². The summed E-state index contributed by atoms with van der Waals surface area (Å²) in [5.74, 6) is -2.25. The second-order valence-corrected chi connectivity index (χ2v) is 21.7. The predicted octanol–water partition coefficient (Wildman–Crippen LogP) is 5.99. The van der Waals surface area contributed by atoms with Gasteiger partial charge < -0.3 is 36.8 Å². The summed E-state index contributed by atoms with van der Waals surface area (Å²) in [4.78, 5) is 89.6. The number of benzene rings is 4. The number of β-amino-alcohol motifs (C(OH)–C–C–N with tert-alkyl or cyclic N) is 1. The fourth-order valence-electron chi connectivity index (χ4n) is 10.5. The van der Waals surface area contributed by atoms with E-state index < -0.39 is 53.6 Å². The van der Waals surface area contributed by atoms with Crippen LogP contribution in [0, 0.1) is 18.3 Å². The van der Waals surface area contributed by atoms with Gasteiger partial charge in [0.05, 0.1) is 52.7 Å². The number of Topliss-reactive ketones (excluding diaryl/α,β-unsaturated/α-hetero) is 1. The number of aromatic nitrogens is 1. The third kappa shape index (κ3) is 11.8. The Bertz CT molecular complexity index is 2840. The van der Waals surface area contributed by atoms with E-state index in [0.29, 0.717) is 32.1 Å². The van der Waals surface area contributed by atoms with E-state index >= 15 is 0 Å². The van der Waals surface area contributed by atoms with Crippen LogP contribution >= 0.6 is 11.3 Å². The molecular formula is C56H67N7O8S. The van der Waals surface area contributed by atoms with Crippen molar-refractivity contribution in [2.45, 2.75) is 142 Å². The molecule has 3 aliphatic rings. The van der Waals surface area contributed by atoms with Gasteiger partial charge >= 0.3 is 0 Å². The number of anilines is 1. The number of aliphatic hydroxyl groups is 1. The average Bonchev–Trinajstić information content (AvgIpc) is 4.07. The average molecular weight is 998 g/mol. The smallest absolute Gasteiger partial charge is 0.246 e. The number of carbonyl (C=O) groups excluding carboxylic acids is 6. The van der Waals surface area contributed by atoms with Gasteiger partial charge in [0.15, 0.2) is 5.78 Å². The molecule has 1 aromatic heterocycles. The van der Waals surface area contributed by atoms with Gasteiger partial charge in [0.1, 0.15) is 12.1 Å². The SMILES string of the molecule is Cc1ncsc1-c1ccc(CNC(=O)[C@@H]2C[C@@H](O)CN2C(=O)[C@@H](NC(=O)CCc2cccc3cc(CO[C@H](C)[C@H](CCC(N)=O)CC(=O)[C@@H]4Cc5cccc6c5N4C(=O)[C@@H](N)CC6)ccc23)C(C)(C)C)cc1. The molecule has 5 amide bonds. The number of nitrogens with one attached hydrogen (secondary N) is 2. The van der Waals surface area contributed by atoms with Gasteiger partial charge in [-0.2, -0.15) is 0 Å². The minimum atomic E-state index is -0.954. The maximum absolute atomic E-state index is 14.3. The van der Waals surface area contributed by atoms with Crippen molar-refractivity contribution in [2.75, 3.05) is 11.4 Å². The van der Waals surface area contributed by atoms with Gasteiger partial charge in [0, 0.05) is 45.2 Å². The molecule has 4 aromatic carbocycles. The van der Waals surface area contributed by atoms with E-state index in [1.54, 1.807) is 16.2 Å². The van der Waals surface area contributed by atoms with Crippen LogP contribution in [0.15, 0.2) is 84.4 Å². The molecule has 1 fully saturated rings. The first kappa shape index (κ1) is 52.0. The van der Waals surface area contributed by atoms with E-state index in [2.05, 4.69) is 15.6 Å². The summed E-state index contributed by atoms with van der Waals surface area (Å²) >= 11 is 1.57. The number of likely N-dealkylation sites (tertiary alicyclic amines) is 1. The molecule has 7 N–H and O–H groups in total. The zero-order valence-electron chi connectivity index (χ0n) is 41.8. The van der Waals surface area contributed by atoms with Crippen LogP contribution in [-0.2, 0) is 65.9 Å². The normalized spacial score (nSPS) is 19.9. The number of carbonyl (C=O) groups is 6. The van der Waals surface area contributed by atoms with Crippen molar-refractivity contribution in [3.8, 4) is 10.4 Å². The summed E-state index contributed by atoms with van der Waals surface area (Å²) in [6.07, 6.45) is 1.42. The van der Waals surface area contributed by atoms with Gasteiger partial charge in [-0.25, -0.2) is 4.98 Å². The largest absolute Gasteiger partial charge is 0.391 e. The molecule has 4 heterocycles. The molecule has 0 saturated carbocycles. The molecule has 72 heavy (non-hydrogen) atoms. The molecule has 380 valence electrons. The number of aliphatic hydroxyl groups excluding tert-OH is 1. The lowest BCUT2D eigenvalue weighted by atomic mass is 9.85. The molecule has 5 aromatic rings. The maximum Gasteiger partial charge on any atom is 0.246 e. The van der Waals surface area contributed by atoms with Crippen LogP contribution in [0.4, 0.5) is 5.69 Å². The third-order valence-electron chi connectivity index (χ3n) is 14.6. The fourth-order valence-corrected chi connectivity index (χ4v) is 11.3. The Morgan fingerprint density at radius 1 is 0.958 bits per heavy atom. The molecule has 0 unspecified atom stereocenters. The van der Waals surface area contributed by atoms with Crippen molar-refractivity contribution < 1.29 is 38.6 Å². The van der Waals surface area contributed by atoms with Crippen LogP contribution in [0.25, 0.3) is 21.2 Å². The lowest BCUT2D eigenvalue weighted by molar-refractivity contribution is -0.144. The molecule has 0 spiro atoms. The summed E-state index contributed by atoms with van der Waals surface area (Å²) in [6, 6.07) is 22.5. The van der Waals surface area contributed by atoms with E-state index in [4.69, 9.17) is 16.2 Å². The predicted molar refractivity (Wildman–Crippen MR) is 277 cm³/mol. The van der Waals surface area contributed by atoms with Gasteiger partial charge in [0.2, 0.25) is 29.5 Å². The summed E-state index contributed by atoms with van der Waals surface area (Å²) in [5, 5.41) is 18.6. The summed E-state index contributed by atoms with van der Waals surface area (Å²) < 4.78 is 6.42. The molecule has 0 bridgehead atoms. The molecule has 3 aliphatic heterocycles. The molecule has 1 saturated heterocycles. The summed E-state index contributed by atoms with van der Waals surface area (Å²) in [7, 11) is 0. The first-order valence-corrected chi connectivity index (χ1v) is 25.9. The van der Waals surface area contributed by atoms with Crippen molar-refractivity contribution in [3.63, 3.8) is 0 Å². The molecular weight excluding hydrogens is 931 g/mol. The Balaban J connectivity index is 0.864. The van der Waals surface area contributed by atoms with Gasteiger partial charge in [0.25, 0.3) is 0 Å². The quantitative estimate of drug-likeness (QED) is 0.0649. The number of ether oxygens (including phenoxy) is 1. The molecule has 0 radical (unpaired) electrons. The lowest BCUT2D eigenvalue weighted by Gasteiger charge is -2.35. The number of para-hydroxylation sites is 1. The standard InChI is InChI=1S/C56H67N7O8S/c1-32-51(72-31-60-32)38-15-12-34(13-16-38)28-59-53(68)46-27-42(64)29-62(46)55(70)52(56(3,4)5)61-49(67)23-19-36-8-6-10-40-24-35(14-20-43(36)40)30-71-33(2)39(18-22-48(58)66)26-47(65)45-25-41-11-7-9-37-17-21-44(57)54(69)63(45)50(37)41/h6-16,20,24,31,33,39,42,44-46,52,64H,17-19,21-23,25-30,57H2,1-5H3,(H2,58,66)(H,59,68)(H,61,67)/t33-,39-,42-,44+,45+,46+,52-/m1/s1. The molecule has 16 heteroatoms. The number of nitrogens with two attached hydrogens (primary N) is 2. The number of hydrogen-bond donors (Lipinski definition) is 5. The van der Waals surface area contributed by atoms with E-state index in [0.717, 1.165) is 60.4 Å². The highest BCUT2D eigenvalue weighted by molar-refractivity contribution is 7.13. The monoisotopic (exact) mass is 997 g/mol. The number of rotatable bonds is 19. The fraction of sp³-hybridized carbons (Fsp3) is 0.446. The van der Waals surface area contributed by atoms with E-state index in [-0.39, 0.29) is 74.8 Å². The highest BCUT2D eigenvalue weighted by Crippen LogP contribution is 2.40. The minimum Gasteiger partial charge on any atom is -0.391 e. The van der Waals surface area contributed by atoms with Crippen molar-refractivity contribution in [2.24, 2.45) is 22.8 Å². The lowest BCUT2D eigenvalue weighted by Crippen LogP contribution is -2.57. The Kier molecular flexibility index (Phi) is 16.0. The number of aryl methyl sites for hydroxylation is 3. The number of amides is 5. The number of nitrogens with zero attached hydrogens (tertiary/aromatic N) is 3. The van der Waals surface area contributed by atoms with Crippen LogP contribution in [-0.4, -0.2) is 93.2 Å². The molecule has 7 atom stereocenters. The summed E-state index contributed by atoms with van der Waals surface area (Å²) in [5.41, 5.74) is 20.5. The van der Waals surface area contributed by atoms with E-state index in [1.165, 1.54) is 4.90 Å². The van der Waals surface area contributed by atoms with Crippen LogP contribution in [0.3, 0.4) is 0 Å². The molecule has 15 nitrogen and oxygen atoms in total. The summed E-state index contributed by atoms with van der Waals surface area (Å²) in [6.45, 7) is 9.92. The van der Waals surface area contributed by atoms with Crippen molar-refractivity contribution >= 4 is 63.1 Å². The number of ketones is 1. The van der Waals surface area contributed by atoms with Gasteiger partial charge in [-0.05, 0) is 101 Å². The first-order valence-electron chi connectivity index (χ1n) is 25.0. The molecule has 0 aliphatic carbocycles. The van der Waals surface area contributed by atoms with Crippen LogP contribution in [0.5, 0.6) is 0 Å². The molecule has 8 rings (SSSR count). The van der Waals surface area contributed by atoms with E-state index in [9.17, 15) is 33.9 Å². The topological polar surface area (TPSA) is 227 Å². The Hall–Kier alpha value is -6.33. The van der Waals surface area contributed by atoms with Crippen molar-refractivity contribution in [3.05, 3.63) is 118 Å². The third-order valence-corrected chi connectivity index (χ3v) is 15.6. The van der Waals surface area contributed by atoms with Crippen LogP contribution in [0.1, 0.15) is 99.7 Å². The zero-order valence-corrected chi connectivity index (χ0v) is 42.6. The van der Waals surface area contributed by atoms with Crippen LogP contribution < -0.4 is 27.0 Å². The number of primary amides is 1. The van der Waals surface area contributed by atoms with Crippen molar-refractivity contribution in [1.82, 2.24) is 20.5 Å². The Morgan fingerprint density at radius 2 is 1.69 bits per heavy atom. The van der Waals surface area contributed by atoms with E-state index in [1.807, 2.05) is 119 Å². The van der Waals surface area contributed by atoms with Crippen molar-refractivity contribution in [1.29, 1.82) is 0 Å². The van der Waals surface area contributed by atoms with Gasteiger partial charge in [-0.3, -0.25) is 33.7 Å². The number of thiazole rings is 1. The highest BCUT2D eigenvalue weighted by Gasteiger charge is 2.45. The second kappa shape index (κ2) is 22.2. The maximum atomic E-state index is 14.3. The number of fused-ring (bicyclic) bond motifs is 1. The second-order valence-electron chi connectivity index (χ2n) is 20.9. The Morgan fingerprint density at radius 3 is 2.42 bits per heavy atom. The minimum absolute atomic E-state index is 0.0194. The van der Waals surface area contributed by atoms with Gasteiger partial charge in [-0.15, -0.1) is 11.3 Å². The van der Waals surface area contributed by atoms with Gasteiger partial charge in [-0.1, -0.05) is 93.6 Å². The first-order chi connectivity index (χ1) is 34.4. The highest BCUT2D eigenvalue weighted by atomic mass is 32.1. The Labute approximate surface area is 425 Å².